The van der Waals surface area contributed by atoms with Gasteiger partial charge in [0.25, 0.3) is 0 Å². The first-order valence-electron chi connectivity index (χ1n) is 4.00. The van der Waals surface area contributed by atoms with Crippen LogP contribution in [0.15, 0.2) is 41.3 Å². The van der Waals surface area contributed by atoms with E-state index in [1.807, 2.05) is 18.2 Å². The van der Waals surface area contributed by atoms with Crippen LogP contribution < -0.4 is 0 Å². The second-order valence-corrected chi connectivity index (χ2v) is 3.85. The molecule has 0 aliphatic carbocycles. The molecule has 0 radical (unpaired) electrons. The molecular formula is C10H6BrClN2. The normalized spacial score (nSPS) is 10.1. The Bertz CT molecular complexity index is 442. The first-order valence-corrected chi connectivity index (χ1v) is 5.17. The number of rotatable bonds is 1. The second-order valence-electron chi connectivity index (χ2n) is 2.71. The van der Waals surface area contributed by atoms with Gasteiger partial charge in [0.1, 0.15) is 9.76 Å². The third-order valence-corrected chi connectivity index (χ3v) is 2.65. The highest BCUT2D eigenvalue weighted by Gasteiger charge is 2.02. The standard InChI is InChI=1S/C10H6BrClN2/c11-10-8(2-1-5-13-10)7-3-4-9(12)14-6-7/h1-6H. The number of halogens is 2. The number of nitrogens with zero attached hydrogens (tertiary/aromatic N) is 2. The van der Waals surface area contributed by atoms with E-state index < -0.39 is 0 Å². The molecule has 0 bridgehead atoms. The summed E-state index contributed by atoms with van der Waals surface area (Å²) in [7, 11) is 0. The van der Waals surface area contributed by atoms with Gasteiger partial charge in [-0.2, -0.15) is 0 Å². The van der Waals surface area contributed by atoms with Crippen LogP contribution in [0.2, 0.25) is 5.15 Å². The predicted molar refractivity (Wildman–Crippen MR) is 60.2 cm³/mol. The molecule has 0 atom stereocenters. The summed E-state index contributed by atoms with van der Waals surface area (Å²) in [4.78, 5) is 8.15. The van der Waals surface area contributed by atoms with Crippen molar-refractivity contribution in [3.63, 3.8) is 0 Å². The molecule has 0 aliphatic heterocycles. The quantitative estimate of drug-likeness (QED) is 0.740. The molecule has 2 aromatic rings. The molecule has 0 aliphatic rings. The highest BCUT2D eigenvalue weighted by atomic mass is 79.9. The molecule has 0 amide bonds. The lowest BCUT2D eigenvalue weighted by Gasteiger charge is -2.02. The lowest BCUT2D eigenvalue weighted by Crippen LogP contribution is -1.83. The second kappa shape index (κ2) is 4.07. The van der Waals surface area contributed by atoms with Crippen LogP contribution >= 0.6 is 27.5 Å². The molecule has 2 rings (SSSR count). The van der Waals surface area contributed by atoms with Crippen molar-refractivity contribution >= 4 is 27.5 Å². The van der Waals surface area contributed by atoms with E-state index in [2.05, 4.69) is 25.9 Å². The molecule has 0 saturated heterocycles. The summed E-state index contributed by atoms with van der Waals surface area (Å²) in [6, 6.07) is 7.53. The van der Waals surface area contributed by atoms with Crippen LogP contribution in [0.25, 0.3) is 11.1 Å². The summed E-state index contributed by atoms with van der Waals surface area (Å²) in [6.45, 7) is 0. The van der Waals surface area contributed by atoms with E-state index in [0.717, 1.165) is 15.7 Å². The summed E-state index contributed by atoms with van der Waals surface area (Å²) in [5, 5.41) is 0.494. The summed E-state index contributed by atoms with van der Waals surface area (Å²) < 4.78 is 0.809. The fourth-order valence-electron chi connectivity index (χ4n) is 1.14. The Morgan fingerprint density at radius 3 is 2.64 bits per heavy atom. The molecule has 0 N–H and O–H groups in total. The van der Waals surface area contributed by atoms with Gasteiger partial charge in [0.05, 0.1) is 0 Å². The summed E-state index contributed by atoms with van der Waals surface area (Å²) >= 11 is 9.08. The lowest BCUT2D eigenvalue weighted by atomic mass is 10.1. The maximum atomic E-state index is 5.70. The van der Waals surface area contributed by atoms with E-state index in [9.17, 15) is 0 Å². The van der Waals surface area contributed by atoms with Gasteiger partial charge in [0.2, 0.25) is 0 Å². The van der Waals surface area contributed by atoms with Crippen LogP contribution in [-0.2, 0) is 0 Å². The molecular weight excluding hydrogens is 263 g/mol. The molecule has 70 valence electrons. The van der Waals surface area contributed by atoms with Crippen molar-refractivity contribution in [1.29, 1.82) is 0 Å². The monoisotopic (exact) mass is 268 g/mol. The number of pyridine rings is 2. The fraction of sp³-hybridized carbons (Fsp3) is 0. The van der Waals surface area contributed by atoms with E-state index in [1.165, 1.54) is 0 Å². The van der Waals surface area contributed by atoms with Gasteiger partial charge < -0.3 is 0 Å². The SMILES string of the molecule is Clc1ccc(-c2cccnc2Br)cn1. The number of aromatic nitrogens is 2. The predicted octanol–water partition coefficient (Wildman–Crippen LogP) is 3.56. The minimum Gasteiger partial charge on any atom is -0.249 e. The Hall–Kier alpha value is -0.930. The zero-order valence-corrected chi connectivity index (χ0v) is 9.46. The molecule has 4 heteroatoms. The molecule has 2 aromatic heterocycles. The van der Waals surface area contributed by atoms with Crippen molar-refractivity contribution < 1.29 is 0 Å². The minimum absolute atomic E-state index is 0.494. The summed E-state index contributed by atoms with van der Waals surface area (Å²) in [5.41, 5.74) is 2.01. The zero-order chi connectivity index (χ0) is 9.97. The van der Waals surface area contributed by atoms with Gasteiger partial charge in [-0.25, -0.2) is 9.97 Å². The maximum absolute atomic E-state index is 5.70. The van der Waals surface area contributed by atoms with Crippen molar-refractivity contribution in [2.75, 3.05) is 0 Å². The van der Waals surface area contributed by atoms with E-state index in [-0.39, 0.29) is 0 Å². The molecule has 0 spiro atoms. The fourth-order valence-corrected chi connectivity index (χ4v) is 1.73. The first kappa shape index (κ1) is 9.62. The van der Waals surface area contributed by atoms with Gasteiger partial charge in [-0.3, -0.25) is 0 Å². The van der Waals surface area contributed by atoms with Gasteiger partial charge in [-0.05, 0) is 34.1 Å². The maximum Gasteiger partial charge on any atom is 0.129 e. The number of hydrogen-bond donors (Lipinski definition) is 0. The van der Waals surface area contributed by atoms with Crippen LogP contribution in [0.5, 0.6) is 0 Å². The van der Waals surface area contributed by atoms with E-state index >= 15 is 0 Å². The molecule has 2 nitrogen and oxygen atoms in total. The van der Waals surface area contributed by atoms with Crippen molar-refractivity contribution in [3.8, 4) is 11.1 Å². The molecule has 0 unspecified atom stereocenters. The topological polar surface area (TPSA) is 25.8 Å². The van der Waals surface area contributed by atoms with Crippen LogP contribution in [-0.4, -0.2) is 9.97 Å². The largest absolute Gasteiger partial charge is 0.249 e. The molecule has 0 aromatic carbocycles. The highest BCUT2D eigenvalue weighted by molar-refractivity contribution is 9.10. The Labute approximate surface area is 95.1 Å². The van der Waals surface area contributed by atoms with Crippen molar-refractivity contribution in [2.45, 2.75) is 0 Å². The average molecular weight is 270 g/mol. The Balaban J connectivity index is 2.50. The minimum atomic E-state index is 0.494. The first-order chi connectivity index (χ1) is 6.77. The molecule has 14 heavy (non-hydrogen) atoms. The van der Waals surface area contributed by atoms with Crippen LogP contribution in [0.4, 0.5) is 0 Å². The zero-order valence-electron chi connectivity index (χ0n) is 7.11. The Morgan fingerprint density at radius 1 is 1.14 bits per heavy atom. The Morgan fingerprint density at radius 2 is 2.00 bits per heavy atom. The molecule has 0 fully saturated rings. The van der Waals surface area contributed by atoms with E-state index in [0.29, 0.717) is 5.15 Å². The van der Waals surface area contributed by atoms with Gasteiger partial charge >= 0.3 is 0 Å². The summed E-state index contributed by atoms with van der Waals surface area (Å²) in [5.74, 6) is 0. The highest BCUT2D eigenvalue weighted by Crippen LogP contribution is 2.25. The molecule has 2 heterocycles. The van der Waals surface area contributed by atoms with Crippen LogP contribution in [0, 0.1) is 0 Å². The van der Waals surface area contributed by atoms with Gasteiger partial charge in [-0.15, -0.1) is 0 Å². The third-order valence-electron chi connectivity index (χ3n) is 1.80. The van der Waals surface area contributed by atoms with Crippen LogP contribution in [0.3, 0.4) is 0 Å². The van der Waals surface area contributed by atoms with Crippen molar-refractivity contribution in [3.05, 3.63) is 46.4 Å². The van der Waals surface area contributed by atoms with E-state index in [1.54, 1.807) is 18.5 Å². The summed E-state index contributed by atoms with van der Waals surface area (Å²) in [6.07, 6.45) is 3.46. The lowest BCUT2D eigenvalue weighted by molar-refractivity contribution is 1.26. The van der Waals surface area contributed by atoms with Gasteiger partial charge in [-0.1, -0.05) is 17.7 Å². The van der Waals surface area contributed by atoms with Crippen LogP contribution in [0.1, 0.15) is 0 Å². The van der Waals surface area contributed by atoms with E-state index in [4.69, 9.17) is 11.6 Å². The average Bonchev–Trinajstić information content (AvgIpc) is 2.20. The molecule has 0 saturated carbocycles. The number of hydrogen-bond acceptors (Lipinski definition) is 2. The van der Waals surface area contributed by atoms with Crippen molar-refractivity contribution in [2.24, 2.45) is 0 Å². The van der Waals surface area contributed by atoms with Gasteiger partial charge in [0, 0.05) is 23.5 Å². The van der Waals surface area contributed by atoms with Gasteiger partial charge in [0.15, 0.2) is 0 Å². The Kier molecular flexibility index (Phi) is 2.79. The smallest absolute Gasteiger partial charge is 0.129 e. The third kappa shape index (κ3) is 1.94. The van der Waals surface area contributed by atoms with Crippen molar-refractivity contribution in [1.82, 2.24) is 9.97 Å².